The smallest absolute Gasteiger partial charge is 0.462 e. The van der Waals surface area contributed by atoms with E-state index in [4.69, 9.17) is 14.2 Å². The topological polar surface area (TPSA) is 95.5 Å². The molecule has 0 radical (unpaired) electrons. The van der Waals surface area contributed by atoms with Gasteiger partial charge in [0.05, 0.1) is 12.0 Å². The Balaban J connectivity index is 2.21. The number of amides is 1. The molecule has 0 spiro atoms. The van der Waals surface area contributed by atoms with Crippen molar-refractivity contribution in [3.05, 3.63) is 0 Å². The molecule has 1 rings (SSSR count). The highest BCUT2D eigenvalue weighted by atomic mass is 79.9. The highest BCUT2D eigenvalue weighted by molar-refractivity contribution is 9.25. The summed E-state index contributed by atoms with van der Waals surface area (Å²) >= 11 is 6.04. The molecule has 25 heavy (non-hydrogen) atoms. The molecular formula is C16H26Br2NO6+. The number of quaternary nitrogens is 1. The van der Waals surface area contributed by atoms with Gasteiger partial charge in [-0.2, -0.15) is 4.79 Å². The zero-order chi connectivity index (χ0) is 19.0. The Bertz CT molecular complexity index is 470. The van der Waals surface area contributed by atoms with E-state index >= 15 is 0 Å². The SMILES string of the molecule is CC(C)(C)OC(=O)[NH2+]C1CCC(C(=O)OCCOC(=O)C(Br)Br)CC1. The van der Waals surface area contributed by atoms with E-state index in [1.807, 2.05) is 20.8 Å². The van der Waals surface area contributed by atoms with Crippen LogP contribution in [0.5, 0.6) is 0 Å². The first kappa shape index (κ1) is 22.4. The molecule has 2 N–H and O–H groups in total. The number of nitrogens with two attached hydrogens (primary N) is 1. The third kappa shape index (κ3) is 9.55. The van der Waals surface area contributed by atoms with Crippen LogP contribution in [0.15, 0.2) is 0 Å². The predicted octanol–water partition coefficient (Wildman–Crippen LogP) is 2.25. The maximum atomic E-state index is 12.0. The molecule has 0 saturated heterocycles. The molecule has 0 aliphatic heterocycles. The van der Waals surface area contributed by atoms with Gasteiger partial charge in [-0.1, -0.05) is 31.9 Å². The number of rotatable bonds is 6. The van der Waals surface area contributed by atoms with E-state index in [1.165, 1.54) is 0 Å². The molecule has 1 fully saturated rings. The molecule has 7 nitrogen and oxygen atoms in total. The lowest BCUT2D eigenvalue weighted by Gasteiger charge is -2.26. The Morgan fingerprint density at radius 2 is 1.60 bits per heavy atom. The summed E-state index contributed by atoms with van der Waals surface area (Å²) in [4.78, 5) is 35.0. The van der Waals surface area contributed by atoms with E-state index < -0.39 is 15.3 Å². The maximum absolute atomic E-state index is 12.0. The van der Waals surface area contributed by atoms with Crippen LogP contribution in [0.4, 0.5) is 4.79 Å². The molecule has 1 aliphatic carbocycles. The third-order valence-electron chi connectivity index (χ3n) is 3.63. The van der Waals surface area contributed by atoms with E-state index in [0.717, 1.165) is 12.8 Å². The van der Waals surface area contributed by atoms with Gasteiger partial charge < -0.3 is 14.2 Å². The average Bonchev–Trinajstić information content (AvgIpc) is 2.49. The Hall–Kier alpha value is -0.670. The van der Waals surface area contributed by atoms with Crippen molar-refractivity contribution < 1.29 is 33.9 Å². The fraction of sp³-hybridized carbons (Fsp3) is 0.812. The minimum absolute atomic E-state index is 0.0278. The molecule has 0 heterocycles. The quantitative estimate of drug-likeness (QED) is 0.267. The average molecular weight is 488 g/mol. The molecule has 1 saturated carbocycles. The second kappa shape index (κ2) is 10.5. The molecular weight excluding hydrogens is 462 g/mol. The monoisotopic (exact) mass is 486 g/mol. The number of halogens is 2. The van der Waals surface area contributed by atoms with Crippen LogP contribution < -0.4 is 5.32 Å². The molecule has 0 unspecified atom stereocenters. The van der Waals surface area contributed by atoms with Gasteiger partial charge in [0.15, 0.2) is 3.74 Å². The van der Waals surface area contributed by atoms with Crippen LogP contribution in [0.1, 0.15) is 46.5 Å². The standard InChI is InChI=1S/C16H25Br2NO6/c1-16(2,3)25-15(22)19-11-6-4-10(5-7-11)13(20)23-8-9-24-14(21)12(17)18/h10-12H,4-9H2,1-3H3,(H,19,22)/p+1. The largest absolute Gasteiger partial charge is 0.513 e. The van der Waals surface area contributed by atoms with Crippen LogP contribution in [-0.2, 0) is 23.8 Å². The van der Waals surface area contributed by atoms with Gasteiger partial charge in [0.25, 0.3) is 0 Å². The summed E-state index contributed by atoms with van der Waals surface area (Å²) in [5, 5.41) is 1.61. The van der Waals surface area contributed by atoms with Gasteiger partial charge in [0.2, 0.25) is 0 Å². The van der Waals surface area contributed by atoms with E-state index in [0.29, 0.717) is 12.8 Å². The van der Waals surface area contributed by atoms with E-state index in [1.54, 1.807) is 5.32 Å². The predicted molar refractivity (Wildman–Crippen MR) is 97.5 cm³/mol. The number of esters is 2. The number of carbonyl (C=O) groups is 3. The van der Waals surface area contributed by atoms with Crippen LogP contribution in [0.3, 0.4) is 0 Å². The zero-order valence-electron chi connectivity index (χ0n) is 14.8. The van der Waals surface area contributed by atoms with Crippen molar-refractivity contribution in [2.75, 3.05) is 13.2 Å². The van der Waals surface area contributed by atoms with Gasteiger partial charge in [-0.15, -0.1) is 0 Å². The van der Waals surface area contributed by atoms with Crippen molar-refractivity contribution in [1.29, 1.82) is 0 Å². The summed E-state index contributed by atoms with van der Waals surface area (Å²) in [5.41, 5.74) is -0.498. The second-order valence-corrected chi connectivity index (χ2v) is 10.0. The lowest BCUT2D eigenvalue weighted by molar-refractivity contribution is -0.613. The van der Waals surface area contributed by atoms with Crippen molar-refractivity contribution >= 4 is 49.9 Å². The maximum Gasteiger partial charge on any atom is 0.513 e. The first-order valence-corrected chi connectivity index (χ1v) is 10.1. The van der Waals surface area contributed by atoms with Crippen LogP contribution in [-0.4, -0.2) is 46.6 Å². The number of carbonyl (C=O) groups excluding carboxylic acids is 3. The Labute approximate surface area is 164 Å². The minimum Gasteiger partial charge on any atom is -0.462 e. The van der Waals surface area contributed by atoms with E-state index in [2.05, 4.69) is 31.9 Å². The number of primary amides is 1. The number of alkyl halides is 2. The van der Waals surface area contributed by atoms with Gasteiger partial charge in [-0.25, -0.2) is 10.1 Å². The molecule has 0 bridgehead atoms. The van der Waals surface area contributed by atoms with Crippen molar-refractivity contribution in [3.63, 3.8) is 0 Å². The Kier molecular flexibility index (Phi) is 9.37. The van der Waals surface area contributed by atoms with Crippen molar-refractivity contribution in [2.24, 2.45) is 5.92 Å². The molecule has 0 aromatic heterocycles. The molecule has 0 aromatic carbocycles. The third-order valence-corrected chi connectivity index (χ3v) is 4.38. The summed E-state index contributed by atoms with van der Waals surface area (Å²) in [6.45, 7) is 5.57. The highest BCUT2D eigenvalue weighted by Gasteiger charge is 2.31. The molecule has 0 atom stereocenters. The molecule has 9 heteroatoms. The van der Waals surface area contributed by atoms with Gasteiger partial charge in [0.1, 0.15) is 18.8 Å². The van der Waals surface area contributed by atoms with Crippen LogP contribution in [0.25, 0.3) is 0 Å². The Morgan fingerprint density at radius 1 is 1.04 bits per heavy atom. The molecule has 0 aromatic rings. The zero-order valence-corrected chi connectivity index (χ0v) is 17.9. The van der Waals surface area contributed by atoms with Crippen molar-refractivity contribution in [1.82, 2.24) is 0 Å². The van der Waals surface area contributed by atoms with Gasteiger partial charge in [-0.3, -0.25) is 4.79 Å². The normalized spacial score (nSPS) is 20.9. The molecule has 1 amide bonds. The van der Waals surface area contributed by atoms with Crippen molar-refractivity contribution in [2.45, 2.75) is 61.8 Å². The first-order valence-electron chi connectivity index (χ1n) is 8.28. The number of hydrogen-bond acceptors (Lipinski definition) is 6. The van der Waals surface area contributed by atoms with Crippen LogP contribution in [0, 0.1) is 5.92 Å². The van der Waals surface area contributed by atoms with Gasteiger partial charge in [0, 0.05) is 12.8 Å². The highest BCUT2D eigenvalue weighted by Crippen LogP contribution is 2.24. The fourth-order valence-electron chi connectivity index (χ4n) is 2.52. The van der Waals surface area contributed by atoms with Crippen molar-refractivity contribution in [3.8, 4) is 0 Å². The van der Waals surface area contributed by atoms with Crippen LogP contribution >= 0.6 is 31.9 Å². The molecule has 1 aliphatic rings. The van der Waals surface area contributed by atoms with E-state index in [-0.39, 0.29) is 37.2 Å². The fourth-order valence-corrected chi connectivity index (χ4v) is 2.78. The number of ether oxygens (including phenoxy) is 3. The first-order chi connectivity index (χ1) is 11.6. The summed E-state index contributed by atoms with van der Waals surface area (Å²) < 4.78 is 14.7. The number of hydrogen-bond donors (Lipinski definition) is 1. The second-order valence-electron chi connectivity index (χ2n) is 6.95. The van der Waals surface area contributed by atoms with Crippen LogP contribution in [0.2, 0.25) is 0 Å². The van der Waals surface area contributed by atoms with E-state index in [9.17, 15) is 14.4 Å². The summed E-state index contributed by atoms with van der Waals surface area (Å²) in [6.07, 6.45) is 2.55. The summed E-state index contributed by atoms with van der Waals surface area (Å²) in [7, 11) is 0. The van der Waals surface area contributed by atoms with Gasteiger partial charge >= 0.3 is 18.0 Å². The lowest BCUT2D eigenvalue weighted by Crippen LogP contribution is -2.94. The lowest BCUT2D eigenvalue weighted by atomic mass is 9.86. The molecule has 144 valence electrons. The summed E-state index contributed by atoms with van der Waals surface area (Å²) in [6, 6.07) is 0.134. The Morgan fingerprint density at radius 3 is 2.12 bits per heavy atom. The summed E-state index contributed by atoms with van der Waals surface area (Å²) in [5.74, 6) is -0.908. The van der Waals surface area contributed by atoms with Gasteiger partial charge in [-0.05, 0) is 33.6 Å². The minimum atomic E-state index is -0.563.